The zero-order valence-electron chi connectivity index (χ0n) is 25.2. The lowest BCUT2D eigenvalue weighted by Gasteiger charge is -2.25. The normalized spacial score (nSPS) is 13.6. The molecule has 2 N–H and O–H groups in total. The topological polar surface area (TPSA) is 153 Å². The summed E-state index contributed by atoms with van der Waals surface area (Å²) in [6.07, 6.45) is 2.71. The summed E-state index contributed by atoms with van der Waals surface area (Å²) in [5.41, 5.74) is 1.98. The van der Waals surface area contributed by atoms with Crippen LogP contribution in [0.4, 0.5) is 5.69 Å². The highest BCUT2D eigenvalue weighted by molar-refractivity contribution is 7.99. The molecule has 1 aromatic heterocycles. The van der Waals surface area contributed by atoms with Crippen molar-refractivity contribution < 1.29 is 27.5 Å². The van der Waals surface area contributed by atoms with Gasteiger partial charge in [0.15, 0.2) is 11.0 Å². The lowest BCUT2D eigenvalue weighted by atomic mass is 10.2. The zero-order chi connectivity index (χ0) is 32.5. The molecule has 0 spiro atoms. The first-order valence-corrected chi connectivity index (χ1v) is 17.3. The number of anilines is 1. The summed E-state index contributed by atoms with van der Waals surface area (Å²) in [4.78, 5) is 37.8. The summed E-state index contributed by atoms with van der Waals surface area (Å²) in [6.45, 7) is 3.05. The first kappa shape index (κ1) is 32.9. The predicted molar refractivity (Wildman–Crippen MR) is 173 cm³/mol. The molecule has 0 unspecified atom stereocenters. The second kappa shape index (κ2) is 15.2. The standard InChI is InChI=1S/C32H34N6O6S2/c1-2-44-31(41)24-11-15-25(16-12-24)34-29(39)22-45-32-36-35-28(38(32)26-9-5-3-6-10-26)21-33-30(40)23-13-17-27(18-14-23)46(42,43)37-19-7-4-8-20-37/h3,5-6,9-18H,2,4,7-8,19-22H2,1H3,(H,33,40)(H,34,39). The quantitative estimate of drug-likeness (QED) is 0.167. The number of rotatable bonds is 12. The van der Waals surface area contributed by atoms with Crippen LogP contribution in [0.2, 0.25) is 0 Å². The van der Waals surface area contributed by atoms with E-state index in [1.165, 1.54) is 40.3 Å². The van der Waals surface area contributed by atoms with E-state index in [1.807, 2.05) is 30.3 Å². The van der Waals surface area contributed by atoms with E-state index in [-0.39, 0.29) is 29.7 Å². The molecule has 1 aliphatic heterocycles. The summed E-state index contributed by atoms with van der Waals surface area (Å²) in [5, 5.41) is 14.6. The average molecular weight is 663 g/mol. The molecule has 0 aliphatic carbocycles. The van der Waals surface area contributed by atoms with Crippen molar-refractivity contribution in [2.75, 3.05) is 30.8 Å². The summed E-state index contributed by atoms with van der Waals surface area (Å²) in [6, 6.07) is 21.7. The van der Waals surface area contributed by atoms with Gasteiger partial charge in [-0.3, -0.25) is 14.2 Å². The minimum absolute atomic E-state index is 0.0314. The van der Waals surface area contributed by atoms with Crippen LogP contribution in [-0.2, 0) is 26.1 Å². The van der Waals surface area contributed by atoms with E-state index < -0.39 is 21.9 Å². The SMILES string of the molecule is CCOC(=O)c1ccc(NC(=O)CSc2nnc(CNC(=O)c3ccc(S(=O)(=O)N4CCCCC4)cc3)n2-c2ccccc2)cc1. The Hall–Kier alpha value is -4.53. The Morgan fingerprint density at radius 2 is 1.54 bits per heavy atom. The van der Waals surface area contributed by atoms with Gasteiger partial charge in [-0.15, -0.1) is 10.2 Å². The van der Waals surface area contributed by atoms with E-state index in [2.05, 4.69) is 20.8 Å². The Kier molecular flexibility index (Phi) is 10.8. The van der Waals surface area contributed by atoms with Crippen LogP contribution >= 0.6 is 11.8 Å². The summed E-state index contributed by atoms with van der Waals surface area (Å²) in [7, 11) is -3.60. The minimum Gasteiger partial charge on any atom is -0.462 e. The van der Waals surface area contributed by atoms with Crippen LogP contribution in [0.15, 0.2) is 88.9 Å². The van der Waals surface area contributed by atoms with Gasteiger partial charge in [0.2, 0.25) is 15.9 Å². The molecular formula is C32H34N6O6S2. The zero-order valence-corrected chi connectivity index (χ0v) is 26.9. The number of sulfonamides is 1. The highest BCUT2D eigenvalue weighted by atomic mass is 32.2. The van der Waals surface area contributed by atoms with Gasteiger partial charge < -0.3 is 15.4 Å². The maximum atomic E-state index is 13.0. The van der Waals surface area contributed by atoms with Gasteiger partial charge in [0.05, 0.1) is 29.4 Å². The van der Waals surface area contributed by atoms with Crippen molar-refractivity contribution in [3.8, 4) is 5.69 Å². The van der Waals surface area contributed by atoms with Gasteiger partial charge in [-0.05, 0) is 80.4 Å². The van der Waals surface area contributed by atoms with Gasteiger partial charge in [-0.1, -0.05) is 36.4 Å². The summed E-state index contributed by atoms with van der Waals surface area (Å²) >= 11 is 1.18. The number of benzene rings is 3. The molecule has 0 bridgehead atoms. The molecule has 0 saturated carbocycles. The molecule has 1 saturated heterocycles. The van der Waals surface area contributed by atoms with Crippen LogP contribution in [0.25, 0.3) is 5.69 Å². The molecule has 12 nitrogen and oxygen atoms in total. The second-order valence-electron chi connectivity index (χ2n) is 10.4. The molecule has 46 heavy (non-hydrogen) atoms. The van der Waals surface area contributed by atoms with Crippen molar-refractivity contribution in [2.24, 2.45) is 0 Å². The maximum Gasteiger partial charge on any atom is 0.338 e. The number of piperidine rings is 1. The number of carbonyl (C=O) groups is 3. The van der Waals surface area contributed by atoms with Gasteiger partial charge in [0.1, 0.15) is 0 Å². The number of carbonyl (C=O) groups excluding carboxylic acids is 3. The van der Waals surface area contributed by atoms with E-state index in [4.69, 9.17) is 4.74 Å². The van der Waals surface area contributed by atoms with E-state index in [0.717, 1.165) is 24.9 Å². The number of nitrogens with one attached hydrogen (secondary N) is 2. The lowest BCUT2D eigenvalue weighted by Crippen LogP contribution is -2.35. The van der Waals surface area contributed by atoms with Crippen molar-refractivity contribution in [2.45, 2.75) is 42.8 Å². The number of hydrogen-bond donors (Lipinski definition) is 2. The largest absolute Gasteiger partial charge is 0.462 e. The molecule has 5 rings (SSSR count). The summed E-state index contributed by atoms with van der Waals surface area (Å²) in [5.74, 6) is -0.630. The van der Waals surface area contributed by atoms with Gasteiger partial charge in [-0.25, -0.2) is 13.2 Å². The number of nitrogens with zero attached hydrogens (tertiary/aromatic N) is 4. The molecule has 14 heteroatoms. The number of hydrogen-bond acceptors (Lipinski definition) is 9. The van der Waals surface area contributed by atoms with Crippen molar-refractivity contribution in [3.05, 3.63) is 95.8 Å². The second-order valence-corrected chi connectivity index (χ2v) is 13.3. The predicted octanol–water partition coefficient (Wildman–Crippen LogP) is 4.28. The Bertz CT molecular complexity index is 1770. The van der Waals surface area contributed by atoms with Crippen LogP contribution in [0.3, 0.4) is 0 Å². The fourth-order valence-electron chi connectivity index (χ4n) is 4.87. The van der Waals surface area contributed by atoms with E-state index in [9.17, 15) is 22.8 Å². The van der Waals surface area contributed by atoms with Crippen LogP contribution in [0, 0.1) is 0 Å². The van der Waals surface area contributed by atoms with E-state index in [1.54, 1.807) is 35.8 Å². The Morgan fingerprint density at radius 3 is 2.22 bits per heavy atom. The Morgan fingerprint density at radius 1 is 0.870 bits per heavy atom. The van der Waals surface area contributed by atoms with Crippen LogP contribution in [-0.4, -0.2) is 70.7 Å². The first-order chi connectivity index (χ1) is 22.3. The van der Waals surface area contributed by atoms with Crippen molar-refractivity contribution in [3.63, 3.8) is 0 Å². The Balaban J connectivity index is 1.22. The minimum atomic E-state index is -3.60. The number of aromatic nitrogens is 3. The van der Waals surface area contributed by atoms with Gasteiger partial charge in [0.25, 0.3) is 5.91 Å². The number of ether oxygens (including phenoxy) is 1. The molecule has 2 heterocycles. The molecule has 3 aromatic carbocycles. The average Bonchev–Trinajstić information content (AvgIpc) is 3.50. The molecule has 0 atom stereocenters. The van der Waals surface area contributed by atoms with Crippen LogP contribution in [0.1, 0.15) is 52.7 Å². The monoisotopic (exact) mass is 662 g/mol. The smallest absolute Gasteiger partial charge is 0.338 e. The molecule has 240 valence electrons. The first-order valence-electron chi connectivity index (χ1n) is 14.8. The molecule has 0 radical (unpaired) electrons. The maximum absolute atomic E-state index is 13.0. The third-order valence-electron chi connectivity index (χ3n) is 7.20. The fourth-order valence-corrected chi connectivity index (χ4v) is 7.16. The number of esters is 1. The fraction of sp³-hybridized carbons (Fsp3) is 0.281. The molecule has 1 aliphatic rings. The van der Waals surface area contributed by atoms with Crippen LogP contribution in [0.5, 0.6) is 0 Å². The number of para-hydroxylation sites is 1. The number of thioether (sulfide) groups is 1. The van der Waals surface area contributed by atoms with Gasteiger partial charge in [0, 0.05) is 30.0 Å². The van der Waals surface area contributed by atoms with Gasteiger partial charge in [-0.2, -0.15) is 4.31 Å². The van der Waals surface area contributed by atoms with Crippen LogP contribution < -0.4 is 10.6 Å². The molecular weight excluding hydrogens is 629 g/mol. The molecule has 2 amide bonds. The van der Waals surface area contributed by atoms with Crippen molar-refractivity contribution in [1.82, 2.24) is 24.4 Å². The van der Waals surface area contributed by atoms with E-state index >= 15 is 0 Å². The molecule has 1 fully saturated rings. The third kappa shape index (κ3) is 8.00. The van der Waals surface area contributed by atoms with E-state index in [0.29, 0.717) is 40.9 Å². The molecule has 4 aromatic rings. The summed E-state index contributed by atoms with van der Waals surface area (Å²) < 4.78 is 34.2. The Labute approximate surface area is 271 Å². The highest BCUT2D eigenvalue weighted by Crippen LogP contribution is 2.24. The third-order valence-corrected chi connectivity index (χ3v) is 10.0. The van der Waals surface area contributed by atoms with Gasteiger partial charge >= 0.3 is 5.97 Å². The highest BCUT2D eigenvalue weighted by Gasteiger charge is 2.26. The van der Waals surface area contributed by atoms with Crippen molar-refractivity contribution >= 4 is 45.3 Å². The number of amides is 2. The lowest BCUT2D eigenvalue weighted by molar-refractivity contribution is -0.113. The van der Waals surface area contributed by atoms with Crippen molar-refractivity contribution in [1.29, 1.82) is 0 Å².